The third-order valence-corrected chi connectivity index (χ3v) is 4.79. The van der Waals surface area contributed by atoms with Crippen LogP contribution in [0.3, 0.4) is 0 Å². The zero-order valence-electron chi connectivity index (χ0n) is 13.2. The molecule has 2 unspecified atom stereocenters. The number of hydrogen-bond acceptors (Lipinski definition) is 3. The molecular weight excluding hydrogens is 298 g/mol. The molecule has 1 aromatic carbocycles. The molecule has 2 fully saturated rings. The first kappa shape index (κ1) is 17.3. The minimum atomic E-state index is 0. The molecule has 1 amide bonds. The molecule has 0 spiro atoms. The molecular formula is C17H26ClN3O. The number of likely N-dealkylation sites (N-methyl/N-ethyl adjacent to an activating group) is 1. The van der Waals surface area contributed by atoms with Crippen molar-refractivity contribution in [1.82, 2.24) is 15.1 Å². The summed E-state index contributed by atoms with van der Waals surface area (Å²) in [5, 5.41) is 3.57. The molecule has 2 heterocycles. The summed E-state index contributed by atoms with van der Waals surface area (Å²) in [7, 11) is 1.90. The van der Waals surface area contributed by atoms with Crippen molar-refractivity contribution in [2.24, 2.45) is 5.92 Å². The van der Waals surface area contributed by atoms with Crippen molar-refractivity contribution in [3.05, 3.63) is 35.9 Å². The monoisotopic (exact) mass is 323 g/mol. The molecule has 2 atom stereocenters. The van der Waals surface area contributed by atoms with E-state index >= 15 is 0 Å². The van der Waals surface area contributed by atoms with Crippen LogP contribution in [0.15, 0.2) is 30.3 Å². The fourth-order valence-electron chi connectivity index (χ4n) is 3.52. The number of nitrogens with one attached hydrogen (secondary N) is 1. The summed E-state index contributed by atoms with van der Waals surface area (Å²) in [6, 6.07) is 10.9. The summed E-state index contributed by atoms with van der Waals surface area (Å²) < 4.78 is 0. The van der Waals surface area contributed by atoms with Crippen molar-refractivity contribution in [3.63, 3.8) is 0 Å². The minimum absolute atomic E-state index is 0. The predicted octanol–water partition coefficient (Wildman–Crippen LogP) is 1.75. The number of likely N-dealkylation sites (tertiary alicyclic amines) is 1. The van der Waals surface area contributed by atoms with Crippen LogP contribution in [0.4, 0.5) is 0 Å². The van der Waals surface area contributed by atoms with Gasteiger partial charge in [-0.25, -0.2) is 0 Å². The van der Waals surface area contributed by atoms with Gasteiger partial charge in [0.25, 0.3) is 0 Å². The lowest BCUT2D eigenvalue weighted by Crippen LogP contribution is -2.48. The second-order valence-corrected chi connectivity index (χ2v) is 6.37. The van der Waals surface area contributed by atoms with E-state index in [2.05, 4.69) is 22.3 Å². The van der Waals surface area contributed by atoms with Gasteiger partial charge in [-0.1, -0.05) is 30.3 Å². The Morgan fingerprint density at radius 1 is 1.32 bits per heavy atom. The van der Waals surface area contributed by atoms with Gasteiger partial charge in [-0.05, 0) is 30.9 Å². The maximum absolute atomic E-state index is 12.4. The summed E-state index contributed by atoms with van der Waals surface area (Å²) in [6.07, 6.45) is 2.44. The lowest BCUT2D eigenvalue weighted by atomic mass is 9.93. The van der Waals surface area contributed by atoms with Crippen LogP contribution in [0, 0.1) is 5.92 Å². The Balaban J connectivity index is 0.00000176. The van der Waals surface area contributed by atoms with Crippen LogP contribution in [0.25, 0.3) is 0 Å². The van der Waals surface area contributed by atoms with Gasteiger partial charge in [0, 0.05) is 32.7 Å². The van der Waals surface area contributed by atoms with Crippen LogP contribution in [0.1, 0.15) is 18.4 Å². The zero-order chi connectivity index (χ0) is 14.7. The number of fused-ring (bicyclic) bond motifs is 1. The first-order valence-electron chi connectivity index (χ1n) is 7.96. The highest BCUT2D eigenvalue weighted by molar-refractivity contribution is 5.85. The molecule has 1 aromatic rings. The first-order chi connectivity index (χ1) is 10.2. The normalized spacial score (nSPS) is 24.4. The van der Waals surface area contributed by atoms with Crippen LogP contribution in [0.2, 0.25) is 0 Å². The maximum Gasteiger partial charge on any atom is 0.236 e. The van der Waals surface area contributed by atoms with E-state index in [9.17, 15) is 4.79 Å². The van der Waals surface area contributed by atoms with E-state index in [-0.39, 0.29) is 18.3 Å². The zero-order valence-corrected chi connectivity index (χ0v) is 14.0. The van der Waals surface area contributed by atoms with Gasteiger partial charge in [0.2, 0.25) is 5.91 Å². The molecule has 0 aliphatic carbocycles. The lowest BCUT2D eigenvalue weighted by molar-refractivity contribution is -0.132. The predicted molar refractivity (Wildman–Crippen MR) is 91.1 cm³/mol. The second kappa shape index (κ2) is 7.95. The van der Waals surface area contributed by atoms with Gasteiger partial charge in [-0.3, -0.25) is 9.69 Å². The van der Waals surface area contributed by atoms with Crippen LogP contribution < -0.4 is 5.32 Å². The van der Waals surface area contributed by atoms with E-state index < -0.39 is 0 Å². The van der Waals surface area contributed by atoms with Gasteiger partial charge in [-0.2, -0.15) is 0 Å². The second-order valence-electron chi connectivity index (χ2n) is 6.37. The molecule has 4 nitrogen and oxygen atoms in total. The Morgan fingerprint density at radius 3 is 2.86 bits per heavy atom. The SMILES string of the molecule is CN(Cc1ccccc1)C(=O)CN1CCC2NCCC2C1.Cl. The highest BCUT2D eigenvalue weighted by atomic mass is 35.5. The van der Waals surface area contributed by atoms with Crippen molar-refractivity contribution in [1.29, 1.82) is 0 Å². The quantitative estimate of drug-likeness (QED) is 0.917. The number of benzene rings is 1. The highest BCUT2D eigenvalue weighted by Gasteiger charge is 2.33. The van der Waals surface area contributed by atoms with Crippen molar-refractivity contribution >= 4 is 18.3 Å². The fourth-order valence-corrected chi connectivity index (χ4v) is 3.52. The number of nitrogens with zero attached hydrogens (tertiary/aromatic N) is 2. The molecule has 0 saturated carbocycles. The number of hydrogen-bond donors (Lipinski definition) is 1. The Hall–Kier alpha value is -1.10. The molecule has 22 heavy (non-hydrogen) atoms. The average Bonchev–Trinajstić information content (AvgIpc) is 2.95. The summed E-state index contributed by atoms with van der Waals surface area (Å²) >= 11 is 0. The third kappa shape index (κ3) is 4.22. The van der Waals surface area contributed by atoms with Crippen molar-refractivity contribution in [2.75, 3.05) is 33.2 Å². The van der Waals surface area contributed by atoms with E-state index in [1.807, 2.05) is 30.1 Å². The van der Waals surface area contributed by atoms with E-state index in [1.54, 1.807) is 0 Å². The smallest absolute Gasteiger partial charge is 0.236 e. The van der Waals surface area contributed by atoms with Crippen LogP contribution in [-0.2, 0) is 11.3 Å². The van der Waals surface area contributed by atoms with Crippen molar-refractivity contribution in [3.8, 4) is 0 Å². The van der Waals surface area contributed by atoms with Gasteiger partial charge in [0.05, 0.1) is 6.54 Å². The van der Waals surface area contributed by atoms with Gasteiger partial charge >= 0.3 is 0 Å². The number of amides is 1. The molecule has 2 aliphatic heterocycles. The van der Waals surface area contributed by atoms with Crippen LogP contribution >= 0.6 is 12.4 Å². The van der Waals surface area contributed by atoms with Crippen molar-refractivity contribution < 1.29 is 4.79 Å². The Labute approximate surface area is 139 Å². The lowest BCUT2D eigenvalue weighted by Gasteiger charge is -2.35. The van der Waals surface area contributed by atoms with Gasteiger partial charge in [0.15, 0.2) is 0 Å². The topological polar surface area (TPSA) is 35.6 Å². The van der Waals surface area contributed by atoms with Crippen molar-refractivity contribution in [2.45, 2.75) is 25.4 Å². The summed E-state index contributed by atoms with van der Waals surface area (Å²) in [6.45, 7) is 4.51. The fraction of sp³-hybridized carbons (Fsp3) is 0.588. The van der Waals surface area contributed by atoms with Gasteiger partial charge in [-0.15, -0.1) is 12.4 Å². The summed E-state index contributed by atoms with van der Waals surface area (Å²) in [4.78, 5) is 16.5. The van der Waals surface area contributed by atoms with Crippen LogP contribution in [0.5, 0.6) is 0 Å². The molecule has 2 saturated heterocycles. The Morgan fingerprint density at radius 2 is 2.09 bits per heavy atom. The minimum Gasteiger partial charge on any atom is -0.340 e. The third-order valence-electron chi connectivity index (χ3n) is 4.79. The van der Waals surface area contributed by atoms with Gasteiger partial charge < -0.3 is 10.2 Å². The number of carbonyl (C=O) groups excluding carboxylic acids is 1. The standard InChI is InChI=1S/C17H25N3O.ClH/c1-19(11-14-5-3-2-4-6-14)17(21)13-20-10-8-16-15(12-20)7-9-18-16;/h2-6,15-16,18H,7-13H2,1H3;1H. The highest BCUT2D eigenvalue weighted by Crippen LogP contribution is 2.24. The molecule has 0 aromatic heterocycles. The average molecular weight is 324 g/mol. The van der Waals surface area contributed by atoms with E-state index in [0.717, 1.165) is 25.6 Å². The Kier molecular flexibility index (Phi) is 6.24. The van der Waals surface area contributed by atoms with E-state index in [0.29, 0.717) is 19.1 Å². The molecule has 1 N–H and O–H groups in total. The Bertz CT molecular complexity index is 482. The molecule has 122 valence electrons. The molecule has 3 rings (SSSR count). The van der Waals surface area contributed by atoms with E-state index in [1.165, 1.54) is 18.4 Å². The number of rotatable bonds is 4. The molecule has 0 radical (unpaired) electrons. The first-order valence-corrected chi connectivity index (χ1v) is 7.96. The summed E-state index contributed by atoms with van der Waals surface area (Å²) in [5.74, 6) is 0.967. The molecule has 0 bridgehead atoms. The summed E-state index contributed by atoms with van der Waals surface area (Å²) in [5.41, 5.74) is 1.19. The largest absolute Gasteiger partial charge is 0.340 e. The molecule has 2 aliphatic rings. The maximum atomic E-state index is 12.4. The van der Waals surface area contributed by atoms with E-state index in [4.69, 9.17) is 0 Å². The molecule has 5 heteroatoms. The van der Waals surface area contributed by atoms with Crippen LogP contribution in [-0.4, -0.2) is 55.0 Å². The van der Waals surface area contributed by atoms with Gasteiger partial charge in [0.1, 0.15) is 0 Å². The number of piperidine rings is 1. The number of halogens is 1. The number of carbonyl (C=O) groups is 1.